The van der Waals surface area contributed by atoms with E-state index in [-0.39, 0.29) is 26.7 Å². The molecule has 0 heterocycles. The van der Waals surface area contributed by atoms with Gasteiger partial charge in [0.15, 0.2) is 5.43 Å². The molecule has 2 N–H and O–H groups in total. The molecule has 0 amide bonds. The lowest BCUT2D eigenvalue weighted by Crippen LogP contribution is -2.13. The van der Waals surface area contributed by atoms with Crippen LogP contribution in [0.2, 0.25) is 0 Å². The molecule has 0 unspecified atom stereocenters. The normalized spacial score (nSPS) is 11.2. The van der Waals surface area contributed by atoms with Crippen molar-refractivity contribution in [1.82, 2.24) is 0 Å². The summed E-state index contributed by atoms with van der Waals surface area (Å²) in [4.78, 5) is 24.0. The van der Waals surface area contributed by atoms with E-state index in [1.54, 1.807) is 36.4 Å². The first-order valence-electron chi connectivity index (χ1n) is 8.98. The Labute approximate surface area is 177 Å². The fourth-order valence-electron chi connectivity index (χ4n) is 2.80. The number of anilines is 1. The molecule has 3 aromatic carbocycles. The van der Waals surface area contributed by atoms with Crippen LogP contribution in [0.25, 0.3) is 10.8 Å². The maximum atomic E-state index is 12.9. The van der Waals surface area contributed by atoms with Crippen molar-refractivity contribution in [3.63, 3.8) is 0 Å². The molecule has 3 rings (SSSR count). The first-order chi connectivity index (χ1) is 14.3. The highest BCUT2D eigenvalue weighted by Crippen LogP contribution is 2.26. The van der Waals surface area contributed by atoms with Gasteiger partial charge in [-0.2, -0.15) is 0 Å². The van der Waals surface area contributed by atoms with Gasteiger partial charge in [-0.3, -0.25) is 14.3 Å². The first kappa shape index (κ1) is 21.7. The average Bonchev–Trinajstić information content (AvgIpc) is 2.84. The van der Waals surface area contributed by atoms with Gasteiger partial charge in [0.2, 0.25) is 0 Å². The van der Waals surface area contributed by atoms with Gasteiger partial charge in [-0.05, 0) is 43.3 Å². The van der Waals surface area contributed by atoms with E-state index < -0.39 is 16.0 Å². The third-order valence-corrected chi connectivity index (χ3v) is 6.53. The molecular formula is C21H19NO6S2. The Morgan fingerprint density at radius 1 is 1.03 bits per heavy atom. The molecule has 0 spiro atoms. The maximum absolute atomic E-state index is 12.9. The van der Waals surface area contributed by atoms with Crippen LogP contribution >= 0.6 is 11.8 Å². The highest BCUT2D eigenvalue weighted by Gasteiger charge is 2.17. The Balaban J connectivity index is 2.05. The van der Waals surface area contributed by atoms with E-state index >= 15 is 0 Å². The lowest BCUT2D eigenvalue weighted by atomic mass is 10.1. The number of hydrogen-bond donors (Lipinski definition) is 2. The van der Waals surface area contributed by atoms with Crippen LogP contribution in [0.3, 0.4) is 0 Å². The Hall–Kier alpha value is -3.04. The monoisotopic (exact) mass is 445 g/mol. The molecule has 0 aromatic heterocycles. The van der Waals surface area contributed by atoms with Crippen molar-refractivity contribution < 1.29 is 23.1 Å². The average molecular weight is 446 g/mol. The number of sulfonamides is 1. The van der Waals surface area contributed by atoms with Crippen LogP contribution in [0.4, 0.5) is 5.69 Å². The summed E-state index contributed by atoms with van der Waals surface area (Å²) in [7, 11) is -3.93. The lowest BCUT2D eigenvalue weighted by Gasteiger charge is -2.10. The predicted molar refractivity (Wildman–Crippen MR) is 117 cm³/mol. The van der Waals surface area contributed by atoms with Gasteiger partial charge in [0.1, 0.15) is 5.75 Å². The van der Waals surface area contributed by atoms with Crippen LogP contribution in [0, 0.1) is 0 Å². The molecule has 0 saturated heterocycles. The molecule has 0 bridgehead atoms. The Morgan fingerprint density at radius 2 is 1.70 bits per heavy atom. The number of nitrogens with one attached hydrogen (secondary N) is 1. The van der Waals surface area contributed by atoms with Gasteiger partial charge in [0.05, 0.1) is 27.8 Å². The van der Waals surface area contributed by atoms with Gasteiger partial charge in [-0.15, -0.1) is 11.8 Å². The minimum atomic E-state index is -3.93. The highest BCUT2D eigenvalue weighted by molar-refractivity contribution is 8.00. The van der Waals surface area contributed by atoms with E-state index in [4.69, 9.17) is 9.84 Å². The second kappa shape index (κ2) is 9.19. The fourth-order valence-corrected chi connectivity index (χ4v) is 4.56. The van der Waals surface area contributed by atoms with E-state index in [2.05, 4.69) is 4.72 Å². The van der Waals surface area contributed by atoms with E-state index in [0.29, 0.717) is 23.1 Å². The lowest BCUT2D eigenvalue weighted by molar-refractivity contribution is -0.133. The number of carboxylic acids is 1. The summed E-state index contributed by atoms with van der Waals surface area (Å²) in [6.07, 6.45) is 0. The zero-order valence-corrected chi connectivity index (χ0v) is 17.6. The fraction of sp³-hybridized carbons (Fsp3) is 0.143. The number of aliphatic carboxylic acids is 1. The Bertz CT molecular complexity index is 1240. The molecule has 30 heavy (non-hydrogen) atoms. The molecule has 0 aliphatic rings. The Morgan fingerprint density at radius 3 is 2.33 bits per heavy atom. The summed E-state index contributed by atoms with van der Waals surface area (Å²) in [6.45, 7) is 2.30. The number of thioether (sulfide) groups is 1. The van der Waals surface area contributed by atoms with Crippen molar-refractivity contribution in [1.29, 1.82) is 0 Å². The Kier molecular flexibility index (Phi) is 6.63. The van der Waals surface area contributed by atoms with E-state index in [1.165, 1.54) is 24.3 Å². The van der Waals surface area contributed by atoms with Gasteiger partial charge < -0.3 is 9.84 Å². The second-order valence-corrected chi connectivity index (χ2v) is 8.88. The zero-order valence-electron chi connectivity index (χ0n) is 16.0. The number of carboxylic acid groups (broad SMARTS) is 1. The number of benzene rings is 2. The van der Waals surface area contributed by atoms with Gasteiger partial charge in [-0.25, -0.2) is 8.42 Å². The molecular weight excluding hydrogens is 426 g/mol. The minimum absolute atomic E-state index is 0.0457. The third-order valence-electron chi connectivity index (χ3n) is 4.13. The summed E-state index contributed by atoms with van der Waals surface area (Å²) >= 11 is 0.889. The minimum Gasteiger partial charge on any atom is -0.494 e. The van der Waals surface area contributed by atoms with Gasteiger partial charge in [0.25, 0.3) is 10.0 Å². The zero-order chi connectivity index (χ0) is 21.7. The SMILES string of the molecule is CCOc1ccc(S(=O)(=O)Nc2ccc(SCC(=O)O)c(=O)c3ccccc23)cc1. The summed E-state index contributed by atoms with van der Waals surface area (Å²) in [5.41, 5.74) is -0.137. The standard InChI is InChI=1S/C21H19NO6S2/c1-2-28-14-7-9-15(10-8-14)30(26,27)22-18-11-12-19(29-13-20(23)24)21(25)17-6-4-3-5-16(17)18/h3-12,22H,2,13H2,1H3,(H,23,24). The quantitative estimate of drug-likeness (QED) is 0.510. The molecule has 0 radical (unpaired) electrons. The van der Waals surface area contributed by atoms with Gasteiger partial charge in [0, 0.05) is 10.8 Å². The number of rotatable bonds is 8. The molecule has 0 fully saturated rings. The molecule has 0 atom stereocenters. The van der Waals surface area contributed by atoms with Crippen LogP contribution in [-0.4, -0.2) is 31.9 Å². The van der Waals surface area contributed by atoms with E-state index in [1.807, 2.05) is 6.92 Å². The smallest absolute Gasteiger partial charge is 0.313 e. The predicted octanol–water partition coefficient (Wildman–Crippen LogP) is 3.58. The summed E-state index contributed by atoms with van der Waals surface area (Å²) < 4.78 is 33.6. The molecule has 0 aliphatic heterocycles. The number of fused-ring (bicyclic) bond motifs is 1. The number of ether oxygens (including phenoxy) is 1. The second-order valence-electron chi connectivity index (χ2n) is 6.18. The van der Waals surface area contributed by atoms with E-state index in [9.17, 15) is 18.0 Å². The molecule has 156 valence electrons. The van der Waals surface area contributed by atoms with Crippen molar-refractivity contribution in [2.75, 3.05) is 17.1 Å². The van der Waals surface area contributed by atoms with Crippen molar-refractivity contribution >= 4 is 44.2 Å². The van der Waals surface area contributed by atoms with Crippen molar-refractivity contribution in [3.8, 4) is 5.75 Å². The van der Waals surface area contributed by atoms with Crippen LogP contribution in [0.1, 0.15) is 6.92 Å². The van der Waals surface area contributed by atoms with Crippen molar-refractivity contribution in [3.05, 3.63) is 70.9 Å². The van der Waals surface area contributed by atoms with E-state index in [0.717, 1.165) is 11.8 Å². The number of hydrogen-bond acceptors (Lipinski definition) is 6. The highest BCUT2D eigenvalue weighted by atomic mass is 32.2. The topological polar surface area (TPSA) is 110 Å². The molecule has 3 aromatic rings. The van der Waals surface area contributed by atoms with Crippen LogP contribution in [0.5, 0.6) is 5.75 Å². The third kappa shape index (κ3) is 4.92. The summed E-state index contributed by atoms with van der Waals surface area (Å²) in [6, 6.07) is 15.5. The van der Waals surface area contributed by atoms with Crippen molar-refractivity contribution in [2.24, 2.45) is 0 Å². The van der Waals surface area contributed by atoms with Crippen LogP contribution < -0.4 is 14.9 Å². The van der Waals surface area contributed by atoms with Gasteiger partial charge >= 0.3 is 5.97 Å². The van der Waals surface area contributed by atoms with Gasteiger partial charge in [-0.1, -0.05) is 24.3 Å². The molecule has 7 nitrogen and oxygen atoms in total. The largest absolute Gasteiger partial charge is 0.494 e. The first-order valence-corrected chi connectivity index (χ1v) is 11.4. The molecule has 0 aliphatic carbocycles. The summed E-state index contributed by atoms with van der Waals surface area (Å²) in [5.74, 6) is -0.767. The molecule has 9 heteroatoms. The molecule has 0 saturated carbocycles. The van der Waals surface area contributed by atoms with Crippen LogP contribution in [-0.2, 0) is 14.8 Å². The van der Waals surface area contributed by atoms with Crippen LogP contribution in [0.15, 0.2) is 75.2 Å². The summed E-state index contributed by atoms with van der Waals surface area (Å²) in [5, 5.41) is 9.61. The van der Waals surface area contributed by atoms with Crippen molar-refractivity contribution in [2.45, 2.75) is 16.7 Å². The maximum Gasteiger partial charge on any atom is 0.313 e. The number of carbonyl (C=O) groups is 1.